The summed E-state index contributed by atoms with van der Waals surface area (Å²) in [6.07, 6.45) is 3.62. The first kappa shape index (κ1) is 13.1. The Labute approximate surface area is 135 Å². The Balaban J connectivity index is 2.06. The van der Waals surface area contributed by atoms with Crippen molar-refractivity contribution in [3.63, 3.8) is 0 Å². The van der Waals surface area contributed by atoms with Crippen LogP contribution in [0.15, 0.2) is 33.0 Å². The van der Waals surface area contributed by atoms with Crippen LogP contribution >= 0.6 is 38.6 Å². The van der Waals surface area contributed by atoms with Crippen LogP contribution in [0.3, 0.4) is 0 Å². The minimum absolute atomic E-state index is 0.0554. The van der Waals surface area contributed by atoms with Crippen LogP contribution in [0, 0.1) is 6.92 Å². The van der Waals surface area contributed by atoms with E-state index in [2.05, 4.69) is 25.9 Å². The molecule has 0 fully saturated rings. The maximum Gasteiger partial charge on any atom is 0.276 e. The van der Waals surface area contributed by atoms with E-state index in [0.29, 0.717) is 15.1 Å². The molecule has 0 atom stereocenters. The average Bonchev–Trinajstić information content (AvgIpc) is 3.08. The van der Waals surface area contributed by atoms with Gasteiger partial charge in [-0.2, -0.15) is 0 Å². The molecular weight excluding hydrogens is 370 g/mol. The summed E-state index contributed by atoms with van der Waals surface area (Å²) in [5.41, 5.74) is 2.46. The molecule has 0 bridgehead atoms. The van der Waals surface area contributed by atoms with E-state index in [1.165, 1.54) is 16.9 Å². The first-order valence-electron chi connectivity index (χ1n) is 6.16. The molecule has 0 radical (unpaired) electrons. The van der Waals surface area contributed by atoms with Crippen LogP contribution in [-0.4, -0.2) is 14.4 Å². The number of rotatable bonds is 1. The molecule has 0 saturated heterocycles. The average molecular weight is 378 g/mol. The van der Waals surface area contributed by atoms with Crippen molar-refractivity contribution in [1.82, 2.24) is 14.4 Å². The minimum Gasteiger partial charge on any atom is -0.267 e. The van der Waals surface area contributed by atoms with Crippen molar-refractivity contribution in [1.29, 1.82) is 0 Å². The number of thiazole rings is 1. The molecule has 104 valence electrons. The van der Waals surface area contributed by atoms with Crippen LogP contribution < -0.4 is 10.1 Å². The zero-order valence-electron chi connectivity index (χ0n) is 10.8. The summed E-state index contributed by atoms with van der Waals surface area (Å²) in [5, 5.41) is 2.03. The molecule has 0 amide bonds. The number of pyridine rings is 1. The molecule has 0 saturated carbocycles. The summed E-state index contributed by atoms with van der Waals surface area (Å²) in [5.74, 6) is 0. The van der Waals surface area contributed by atoms with Gasteiger partial charge in [0.25, 0.3) is 5.56 Å². The molecule has 7 heteroatoms. The molecule has 0 spiro atoms. The molecule has 0 aliphatic carbocycles. The van der Waals surface area contributed by atoms with Gasteiger partial charge < -0.3 is 0 Å². The molecule has 21 heavy (non-hydrogen) atoms. The highest BCUT2D eigenvalue weighted by atomic mass is 79.9. The Hall–Kier alpha value is -1.57. The molecule has 4 nitrogen and oxygen atoms in total. The van der Waals surface area contributed by atoms with Crippen molar-refractivity contribution in [3.05, 3.63) is 53.5 Å². The first-order chi connectivity index (χ1) is 10.1. The van der Waals surface area contributed by atoms with Gasteiger partial charge in [-0.25, -0.2) is 14.4 Å². The lowest BCUT2D eigenvalue weighted by molar-refractivity contribution is 1.15. The third-order valence-electron chi connectivity index (χ3n) is 3.21. The Morgan fingerprint density at radius 3 is 3.05 bits per heavy atom. The van der Waals surface area contributed by atoms with Crippen molar-refractivity contribution < 1.29 is 0 Å². The number of nitrogens with zero attached hydrogens (tertiary/aromatic N) is 3. The van der Waals surface area contributed by atoms with E-state index >= 15 is 0 Å². The molecule has 0 aliphatic heterocycles. The summed E-state index contributed by atoms with van der Waals surface area (Å²) in [4.78, 5) is 23.2. The highest BCUT2D eigenvalue weighted by molar-refractivity contribution is 9.10. The summed E-state index contributed by atoms with van der Waals surface area (Å²) >= 11 is 6.40. The molecule has 0 aromatic carbocycles. The molecule has 4 aromatic heterocycles. The Kier molecular flexibility index (Phi) is 2.95. The van der Waals surface area contributed by atoms with Gasteiger partial charge in [0.05, 0.1) is 4.53 Å². The molecule has 0 unspecified atom stereocenters. The van der Waals surface area contributed by atoms with E-state index in [1.54, 1.807) is 21.9 Å². The van der Waals surface area contributed by atoms with Gasteiger partial charge in [-0.05, 0) is 52.0 Å². The van der Waals surface area contributed by atoms with Crippen molar-refractivity contribution in [2.75, 3.05) is 0 Å². The largest absolute Gasteiger partial charge is 0.276 e. The van der Waals surface area contributed by atoms with Crippen LogP contribution in [0.5, 0.6) is 0 Å². The van der Waals surface area contributed by atoms with Gasteiger partial charge >= 0.3 is 0 Å². The van der Waals surface area contributed by atoms with E-state index in [9.17, 15) is 4.79 Å². The quantitative estimate of drug-likeness (QED) is 0.512. The number of hydrogen-bond donors (Lipinski definition) is 0. The van der Waals surface area contributed by atoms with Gasteiger partial charge in [-0.1, -0.05) is 11.3 Å². The zero-order chi connectivity index (χ0) is 14.6. The number of hydrogen-bond acceptors (Lipinski definition) is 5. The van der Waals surface area contributed by atoms with Gasteiger partial charge in [0.15, 0.2) is 10.6 Å². The van der Waals surface area contributed by atoms with Crippen LogP contribution in [0.25, 0.3) is 22.2 Å². The Morgan fingerprint density at radius 1 is 1.43 bits per heavy atom. The number of imidazole rings is 1. The van der Waals surface area contributed by atoms with Gasteiger partial charge in [0.1, 0.15) is 5.52 Å². The van der Waals surface area contributed by atoms with E-state index in [1.807, 2.05) is 30.5 Å². The maximum atomic E-state index is 12.6. The second-order valence-electron chi connectivity index (χ2n) is 4.61. The highest BCUT2D eigenvalue weighted by Gasteiger charge is 2.12. The summed E-state index contributed by atoms with van der Waals surface area (Å²) < 4.78 is 3.13. The highest BCUT2D eigenvalue weighted by Crippen LogP contribution is 2.19. The zero-order valence-corrected chi connectivity index (χ0v) is 14.1. The summed E-state index contributed by atoms with van der Waals surface area (Å²) in [6, 6.07) is 3.92. The van der Waals surface area contributed by atoms with Gasteiger partial charge in [0.2, 0.25) is 0 Å². The molecule has 0 N–H and O–H groups in total. The first-order valence-corrected chi connectivity index (χ1v) is 8.65. The lowest BCUT2D eigenvalue weighted by atomic mass is 10.3. The molecule has 4 rings (SSSR count). The Bertz CT molecular complexity index is 1090. The second-order valence-corrected chi connectivity index (χ2v) is 7.48. The molecule has 0 aliphatic rings. The molecule has 4 aromatic rings. The molecule has 4 heterocycles. The molecular formula is C14H8BrN3OS2. The van der Waals surface area contributed by atoms with Crippen molar-refractivity contribution in [2.45, 2.75) is 6.92 Å². The predicted octanol–water partition coefficient (Wildman–Crippen LogP) is 2.98. The smallest absolute Gasteiger partial charge is 0.267 e. The van der Waals surface area contributed by atoms with Crippen LogP contribution in [0.1, 0.15) is 10.4 Å². The number of aromatic nitrogens is 3. The maximum absolute atomic E-state index is 12.6. The van der Waals surface area contributed by atoms with Gasteiger partial charge in [-0.3, -0.25) is 4.79 Å². The fourth-order valence-corrected chi connectivity index (χ4v) is 4.38. The summed E-state index contributed by atoms with van der Waals surface area (Å²) in [6.45, 7) is 2.04. The van der Waals surface area contributed by atoms with Crippen molar-refractivity contribution in [2.24, 2.45) is 0 Å². The van der Waals surface area contributed by atoms with Crippen molar-refractivity contribution in [3.8, 4) is 0 Å². The monoisotopic (exact) mass is 377 g/mol. The van der Waals surface area contributed by atoms with E-state index in [0.717, 1.165) is 14.9 Å². The summed E-state index contributed by atoms with van der Waals surface area (Å²) in [7, 11) is 0. The normalized spacial score (nSPS) is 12.8. The van der Waals surface area contributed by atoms with E-state index in [4.69, 9.17) is 0 Å². The van der Waals surface area contributed by atoms with E-state index < -0.39 is 0 Å². The number of aryl methyl sites for hydroxylation is 1. The minimum atomic E-state index is -0.0554. The Morgan fingerprint density at radius 2 is 2.29 bits per heavy atom. The number of thiophene rings is 1. The topological polar surface area (TPSA) is 47.3 Å². The SMILES string of the molecule is Cc1ccsc1C=c1sc2nc3cc(Br)cnc3n2c1=O. The van der Waals surface area contributed by atoms with E-state index in [-0.39, 0.29) is 5.56 Å². The van der Waals surface area contributed by atoms with Gasteiger partial charge in [-0.15, -0.1) is 11.3 Å². The third-order valence-corrected chi connectivity index (χ3v) is 5.58. The van der Waals surface area contributed by atoms with Crippen LogP contribution in [0.2, 0.25) is 0 Å². The third kappa shape index (κ3) is 2.04. The number of halogens is 1. The van der Waals surface area contributed by atoms with Crippen molar-refractivity contribution >= 4 is 60.8 Å². The predicted molar refractivity (Wildman–Crippen MR) is 90.2 cm³/mol. The lowest BCUT2D eigenvalue weighted by Crippen LogP contribution is -2.22. The second kappa shape index (κ2) is 4.72. The van der Waals surface area contributed by atoms with Crippen LogP contribution in [0.4, 0.5) is 0 Å². The fourth-order valence-electron chi connectivity index (χ4n) is 2.17. The van der Waals surface area contributed by atoms with Gasteiger partial charge in [0, 0.05) is 15.5 Å². The number of fused-ring (bicyclic) bond motifs is 3. The lowest BCUT2D eigenvalue weighted by Gasteiger charge is -1.89. The fraction of sp³-hybridized carbons (Fsp3) is 0.0714. The standard InChI is InChI=1S/C14H8BrN3OS2/c1-7-2-3-20-10(7)5-11-13(19)18-12-9(17-14(18)21-11)4-8(15)6-16-12/h2-6H,1H3. The van der Waals surface area contributed by atoms with Crippen LogP contribution in [-0.2, 0) is 0 Å².